The molecular weight excluding hydrogens is 402 g/mol. The van der Waals surface area contributed by atoms with Crippen molar-refractivity contribution >= 4 is 29.3 Å². The number of ketones is 1. The number of carbonyl (C=O) groups is 3. The van der Waals surface area contributed by atoms with Crippen LogP contribution in [0.25, 0.3) is 0 Å². The van der Waals surface area contributed by atoms with Gasteiger partial charge in [-0.3, -0.25) is 14.4 Å². The number of Topliss-reactive ketones (excluding diaryl/α,β-unsaturated/α-hetero) is 1. The average molecular weight is 424 g/mol. The molecule has 2 aromatic carbocycles. The average Bonchev–Trinajstić information content (AvgIpc) is 3.37. The third kappa shape index (κ3) is 2.38. The van der Waals surface area contributed by atoms with Crippen molar-refractivity contribution in [2.75, 3.05) is 13.1 Å². The molecule has 0 aromatic heterocycles. The first-order valence-electron chi connectivity index (χ1n) is 10.3. The van der Waals surface area contributed by atoms with Crippen LogP contribution in [0.1, 0.15) is 48.0 Å². The standard InChI is InChI=1S/C24H22ClNO4/c1-23(20(27)15-9-11-16(25)12-10-15)19-17-7-3-4-8-18(17)30-22(29)24(19,23)21(28)26-13-5-2-6-14-26/h3-4,7-12,19H,2,5-6,13-14H2,1H3/t19-,23-,24-/m1/s1. The zero-order chi connectivity index (χ0) is 21.1. The number of fused-ring (bicyclic) bond motifs is 3. The van der Waals surface area contributed by atoms with Gasteiger partial charge in [-0.15, -0.1) is 0 Å². The Hall–Kier alpha value is -2.66. The van der Waals surface area contributed by atoms with Gasteiger partial charge in [-0.25, -0.2) is 0 Å². The maximum Gasteiger partial charge on any atom is 0.328 e. The van der Waals surface area contributed by atoms with E-state index in [0.717, 1.165) is 24.8 Å². The second-order valence-electron chi connectivity index (χ2n) is 8.56. The number of halogens is 1. The largest absolute Gasteiger partial charge is 0.425 e. The second kappa shape index (κ2) is 6.67. The lowest BCUT2D eigenvalue weighted by Crippen LogP contribution is -2.49. The van der Waals surface area contributed by atoms with Gasteiger partial charge in [0.05, 0.1) is 5.41 Å². The summed E-state index contributed by atoms with van der Waals surface area (Å²) in [5.74, 6) is -1.24. The third-order valence-electron chi connectivity index (χ3n) is 7.06. The first-order valence-corrected chi connectivity index (χ1v) is 10.7. The molecule has 2 aliphatic heterocycles. The number of esters is 1. The fourth-order valence-electron chi connectivity index (χ4n) is 5.48. The molecule has 3 atom stereocenters. The number of nitrogens with zero attached hydrogens (tertiary/aromatic N) is 1. The predicted molar refractivity (Wildman–Crippen MR) is 112 cm³/mol. The van der Waals surface area contributed by atoms with Crippen molar-refractivity contribution in [1.29, 1.82) is 0 Å². The predicted octanol–water partition coefficient (Wildman–Crippen LogP) is 4.24. The lowest BCUT2D eigenvalue weighted by molar-refractivity contribution is -0.154. The van der Waals surface area contributed by atoms with Crippen LogP contribution in [-0.4, -0.2) is 35.6 Å². The fourth-order valence-corrected chi connectivity index (χ4v) is 5.60. The van der Waals surface area contributed by atoms with Crippen molar-refractivity contribution in [3.63, 3.8) is 0 Å². The van der Waals surface area contributed by atoms with E-state index < -0.39 is 22.7 Å². The first kappa shape index (κ1) is 19.3. The van der Waals surface area contributed by atoms with E-state index in [2.05, 4.69) is 0 Å². The molecule has 30 heavy (non-hydrogen) atoms. The lowest BCUT2D eigenvalue weighted by Gasteiger charge is -2.32. The van der Waals surface area contributed by atoms with E-state index in [1.54, 1.807) is 48.2 Å². The monoisotopic (exact) mass is 423 g/mol. The number of piperidine rings is 1. The van der Waals surface area contributed by atoms with Crippen molar-refractivity contribution in [2.24, 2.45) is 10.8 Å². The molecule has 154 valence electrons. The van der Waals surface area contributed by atoms with E-state index in [-0.39, 0.29) is 11.7 Å². The van der Waals surface area contributed by atoms with Gasteiger partial charge in [0.15, 0.2) is 11.2 Å². The zero-order valence-corrected chi connectivity index (χ0v) is 17.4. The van der Waals surface area contributed by atoms with Crippen molar-refractivity contribution in [2.45, 2.75) is 32.1 Å². The number of amides is 1. The van der Waals surface area contributed by atoms with E-state index in [9.17, 15) is 14.4 Å². The molecule has 0 N–H and O–H groups in total. The zero-order valence-electron chi connectivity index (χ0n) is 16.7. The van der Waals surface area contributed by atoms with Gasteiger partial charge in [0.1, 0.15) is 5.75 Å². The third-order valence-corrected chi connectivity index (χ3v) is 7.31. The Kier molecular flexibility index (Phi) is 4.30. The molecule has 2 heterocycles. The molecule has 1 saturated heterocycles. The molecular formula is C24H22ClNO4. The summed E-state index contributed by atoms with van der Waals surface area (Å²) in [6.07, 6.45) is 2.87. The summed E-state index contributed by atoms with van der Waals surface area (Å²) < 4.78 is 5.64. The SMILES string of the molecule is C[C@]1(C(=O)c2ccc(Cl)cc2)[C@H]2c3ccccc3OC(=O)[C@]21C(=O)N1CCCCC1. The molecule has 1 aliphatic carbocycles. The topological polar surface area (TPSA) is 63.7 Å². The summed E-state index contributed by atoms with van der Waals surface area (Å²) in [7, 11) is 0. The molecule has 2 fully saturated rings. The number of para-hydroxylation sites is 1. The van der Waals surface area contributed by atoms with E-state index in [1.807, 2.05) is 12.1 Å². The summed E-state index contributed by atoms with van der Waals surface area (Å²) in [5.41, 5.74) is -1.55. The highest BCUT2D eigenvalue weighted by atomic mass is 35.5. The van der Waals surface area contributed by atoms with Crippen molar-refractivity contribution < 1.29 is 19.1 Å². The van der Waals surface area contributed by atoms with Crippen LogP contribution in [0.15, 0.2) is 48.5 Å². The van der Waals surface area contributed by atoms with Crippen LogP contribution in [0.2, 0.25) is 5.02 Å². The van der Waals surface area contributed by atoms with Crippen molar-refractivity contribution in [3.05, 3.63) is 64.7 Å². The Bertz CT molecular complexity index is 1060. The van der Waals surface area contributed by atoms with Gasteiger partial charge in [-0.1, -0.05) is 29.8 Å². The van der Waals surface area contributed by atoms with Crippen LogP contribution >= 0.6 is 11.6 Å². The van der Waals surface area contributed by atoms with Crippen LogP contribution < -0.4 is 4.74 Å². The minimum absolute atomic E-state index is 0.233. The maximum absolute atomic E-state index is 13.8. The van der Waals surface area contributed by atoms with Gasteiger partial charge < -0.3 is 9.64 Å². The summed E-state index contributed by atoms with van der Waals surface area (Å²) in [6.45, 7) is 2.95. The van der Waals surface area contributed by atoms with Crippen LogP contribution in [0.3, 0.4) is 0 Å². The maximum atomic E-state index is 13.8. The van der Waals surface area contributed by atoms with Gasteiger partial charge in [-0.05, 0) is 56.5 Å². The molecule has 0 spiro atoms. The number of rotatable bonds is 3. The quantitative estimate of drug-likeness (QED) is 0.320. The molecule has 0 radical (unpaired) electrons. The molecule has 2 aromatic rings. The number of likely N-dealkylation sites (tertiary alicyclic amines) is 1. The van der Waals surface area contributed by atoms with E-state index in [4.69, 9.17) is 16.3 Å². The van der Waals surface area contributed by atoms with Crippen molar-refractivity contribution in [3.8, 4) is 5.75 Å². The Morgan fingerprint density at radius 3 is 2.40 bits per heavy atom. The van der Waals surface area contributed by atoms with E-state index in [0.29, 0.717) is 29.4 Å². The van der Waals surface area contributed by atoms with Crippen LogP contribution in [0, 0.1) is 10.8 Å². The molecule has 5 rings (SSSR count). The highest BCUT2D eigenvalue weighted by Crippen LogP contribution is 2.78. The molecule has 6 heteroatoms. The van der Waals surface area contributed by atoms with Gasteiger partial charge in [0.25, 0.3) is 0 Å². The Morgan fingerprint density at radius 1 is 1.03 bits per heavy atom. The summed E-state index contributed by atoms with van der Waals surface area (Å²) in [5, 5.41) is 0.522. The first-order chi connectivity index (χ1) is 14.4. The minimum Gasteiger partial charge on any atom is -0.425 e. The Morgan fingerprint density at radius 2 is 1.70 bits per heavy atom. The van der Waals surface area contributed by atoms with Crippen molar-refractivity contribution in [1.82, 2.24) is 4.90 Å². The smallest absolute Gasteiger partial charge is 0.328 e. The van der Waals surface area contributed by atoms with Crippen LogP contribution in [0.5, 0.6) is 5.75 Å². The summed E-state index contributed by atoms with van der Waals surface area (Å²) in [4.78, 5) is 42.6. The van der Waals surface area contributed by atoms with Gasteiger partial charge in [-0.2, -0.15) is 0 Å². The van der Waals surface area contributed by atoms with E-state index in [1.165, 1.54) is 0 Å². The number of benzene rings is 2. The highest BCUT2D eigenvalue weighted by Gasteiger charge is 2.88. The molecule has 1 saturated carbocycles. The van der Waals surface area contributed by atoms with Gasteiger partial charge in [0, 0.05) is 35.2 Å². The number of hydrogen-bond donors (Lipinski definition) is 0. The van der Waals surface area contributed by atoms with Crippen LogP contribution in [-0.2, 0) is 9.59 Å². The normalized spacial score (nSPS) is 29.5. The number of ether oxygens (including phenoxy) is 1. The summed E-state index contributed by atoms with van der Waals surface area (Å²) in [6, 6.07) is 13.8. The lowest BCUT2D eigenvalue weighted by atomic mass is 9.85. The molecule has 1 amide bonds. The van der Waals surface area contributed by atoms with Gasteiger partial charge >= 0.3 is 5.97 Å². The number of hydrogen-bond acceptors (Lipinski definition) is 4. The number of carbonyl (C=O) groups excluding carboxylic acids is 3. The summed E-state index contributed by atoms with van der Waals surface area (Å²) >= 11 is 5.99. The van der Waals surface area contributed by atoms with Crippen LogP contribution in [0.4, 0.5) is 0 Å². The molecule has 0 bridgehead atoms. The second-order valence-corrected chi connectivity index (χ2v) is 9.00. The van der Waals surface area contributed by atoms with E-state index >= 15 is 0 Å². The molecule has 5 nitrogen and oxygen atoms in total. The highest BCUT2D eigenvalue weighted by molar-refractivity contribution is 6.30. The Balaban J connectivity index is 1.65. The molecule has 3 aliphatic rings. The molecule has 0 unspecified atom stereocenters. The van der Waals surface area contributed by atoms with Gasteiger partial charge in [0.2, 0.25) is 5.91 Å². The fraction of sp³-hybridized carbons (Fsp3) is 0.375. The minimum atomic E-state index is -1.52. The Labute approximate surface area is 180 Å².